The zero-order valence-electron chi connectivity index (χ0n) is 12.5. The molecule has 0 aliphatic heterocycles. The van der Waals surface area contributed by atoms with Crippen LogP contribution in [0.15, 0.2) is 60.8 Å². The fourth-order valence-electron chi connectivity index (χ4n) is 2.82. The number of benzene rings is 2. The maximum absolute atomic E-state index is 3.43. The minimum Gasteiger partial charge on any atom is -0.347 e. The summed E-state index contributed by atoms with van der Waals surface area (Å²) in [5.74, 6) is 0. The highest BCUT2D eigenvalue weighted by atomic mass is 15.0. The van der Waals surface area contributed by atoms with Crippen LogP contribution < -0.4 is 5.32 Å². The molecule has 2 nitrogen and oxygen atoms in total. The minimum absolute atomic E-state index is 0.934. The van der Waals surface area contributed by atoms with Crippen molar-refractivity contribution in [3.63, 3.8) is 0 Å². The van der Waals surface area contributed by atoms with E-state index in [1.807, 2.05) is 0 Å². The first kappa shape index (κ1) is 13.9. The third kappa shape index (κ3) is 3.17. The highest BCUT2D eigenvalue weighted by molar-refractivity contribution is 5.83. The van der Waals surface area contributed by atoms with Gasteiger partial charge in [-0.1, -0.05) is 55.5 Å². The van der Waals surface area contributed by atoms with Gasteiger partial charge >= 0.3 is 0 Å². The molecule has 3 aromatic rings. The van der Waals surface area contributed by atoms with Crippen LogP contribution in [0.5, 0.6) is 0 Å². The average molecular weight is 278 g/mol. The Morgan fingerprint density at radius 3 is 2.62 bits per heavy atom. The Hall–Kier alpha value is -2.06. The molecule has 0 bridgehead atoms. The van der Waals surface area contributed by atoms with Crippen molar-refractivity contribution in [2.24, 2.45) is 0 Å². The number of fused-ring (bicyclic) bond motifs is 1. The Morgan fingerprint density at radius 1 is 0.952 bits per heavy atom. The van der Waals surface area contributed by atoms with Gasteiger partial charge in [0.25, 0.3) is 0 Å². The van der Waals surface area contributed by atoms with Crippen molar-refractivity contribution in [3.05, 3.63) is 71.9 Å². The highest BCUT2D eigenvalue weighted by Crippen LogP contribution is 2.21. The summed E-state index contributed by atoms with van der Waals surface area (Å²) in [6, 6.07) is 19.5. The first-order chi connectivity index (χ1) is 10.4. The Bertz CT molecular complexity index is 698. The minimum atomic E-state index is 0.934. The summed E-state index contributed by atoms with van der Waals surface area (Å²) in [6.07, 6.45) is 3.28. The van der Waals surface area contributed by atoms with E-state index in [1.54, 1.807) is 0 Å². The van der Waals surface area contributed by atoms with Crippen molar-refractivity contribution < 1.29 is 0 Å². The van der Waals surface area contributed by atoms with E-state index in [2.05, 4.69) is 77.6 Å². The van der Waals surface area contributed by atoms with Crippen LogP contribution in [0.2, 0.25) is 0 Å². The van der Waals surface area contributed by atoms with Crippen molar-refractivity contribution in [1.82, 2.24) is 9.88 Å². The van der Waals surface area contributed by atoms with Crippen LogP contribution in [-0.4, -0.2) is 11.1 Å². The molecule has 2 heteroatoms. The van der Waals surface area contributed by atoms with Crippen molar-refractivity contribution in [2.75, 3.05) is 6.54 Å². The molecule has 1 heterocycles. The van der Waals surface area contributed by atoms with Gasteiger partial charge in [-0.2, -0.15) is 0 Å². The molecule has 0 fully saturated rings. The van der Waals surface area contributed by atoms with Crippen molar-refractivity contribution in [3.8, 4) is 0 Å². The smallest absolute Gasteiger partial charge is 0.0525 e. The number of aryl methyl sites for hydroxylation is 2. The lowest BCUT2D eigenvalue weighted by Gasteiger charge is -2.10. The molecule has 0 atom stereocenters. The largest absolute Gasteiger partial charge is 0.347 e. The van der Waals surface area contributed by atoms with Gasteiger partial charge in [-0.3, -0.25) is 0 Å². The van der Waals surface area contributed by atoms with Crippen molar-refractivity contribution in [2.45, 2.75) is 26.4 Å². The van der Waals surface area contributed by atoms with E-state index < -0.39 is 0 Å². The summed E-state index contributed by atoms with van der Waals surface area (Å²) in [4.78, 5) is 0. The topological polar surface area (TPSA) is 17.0 Å². The number of para-hydroxylation sites is 1. The van der Waals surface area contributed by atoms with Crippen LogP contribution in [0.4, 0.5) is 0 Å². The van der Waals surface area contributed by atoms with Gasteiger partial charge in [-0.15, -0.1) is 0 Å². The molecule has 2 aromatic carbocycles. The van der Waals surface area contributed by atoms with E-state index in [4.69, 9.17) is 0 Å². The Balaban J connectivity index is 1.84. The molecule has 0 aliphatic rings. The molecule has 0 saturated heterocycles. The first-order valence-corrected chi connectivity index (χ1v) is 7.70. The highest BCUT2D eigenvalue weighted by Gasteiger charge is 2.06. The maximum Gasteiger partial charge on any atom is 0.0525 e. The molecule has 108 valence electrons. The van der Waals surface area contributed by atoms with Gasteiger partial charge in [0.05, 0.1) is 5.52 Å². The normalized spacial score (nSPS) is 11.1. The molecule has 0 saturated carbocycles. The first-order valence-electron chi connectivity index (χ1n) is 7.70. The lowest BCUT2D eigenvalue weighted by atomic mass is 10.1. The molecular formula is C19H22N2. The predicted octanol–water partition coefficient (Wildman–Crippen LogP) is 3.99. The monoisotopic (exact) mass is 278 g/mol. The van der Waals surface area contributed by atoms with E-state index in [0.717, 1.165) is 26.1 Å². The quantitative estimate of drug-likeness (QED) is 0.721. The second-order valence-corrected chi connectivity index (χ2v) is 5.38. The second kappa shape index (κ2) is 6.59. The van der Waals surface area contributed by atoms with Crippen LogP contribution in [-0.2, 0) is 19.5 Å². The SMILES string of the molecule is CCNCc1cccc2ccn(CCc3ccccc3)c12. The van der Waals surface area contributed by atoms with Gasteiger partial charge in [0.1, 0.15) is 0 Å². The third-order valence-electron chi connectivity index (χ3n) is 3.92. The van der Waals surface area contributed by atoms with E-state index in [9.17, 15) is 0 Å². The van der Waals surface area contributed by atoms with Gasteiger partial charge in [0.15, 0.2) is 0 Å². The van der Waals surface area contributed by atoms with Gasteiger partial charge in [-0.25, -0.2) is 0 Å². The standard InChI is InChI=1S/C19H22N2/c1-2-20-15-18-10-6-9-17-12-14-21(19(17)18)13-11-16-7-4-3-5-8-16/h3-10,12,14,20H,2,11,13,15H2,1H3. The third-order valence-corrected chi connectivity index (χ3v) is 3.92. The number of hydrogen-bond acceptors (Lipinski definition) is 1. The zero-order valence-corrected chi connectivity index (χ0v) is 12.5. The summed E-state index contributed by atoms with van der Waals surface area (Å²) in [6.45, 7) is 5.11. The van der Waals surface area contributed by atoms with Crippen LogP contribution in [0.3, 0.4) is 0 Å². The van der Waals surface area contributed by atoms with Gasteiger partial charge in [0.2, 0.25) is 0 Å². The molecule has 1 aromatic heterocycles. The Morgan fingerprint density at radius 2 is 1.81 bits per heavy atom. The summed E-state index contributed by atoms with van der Waals surface area (Å²) >= 11 is 0. The maximum atomic E-state index is 3.43. The molecule has 0 aliphatic carbocycles. The zero-order chi connectivity index (χ0) is 14.5. The second-order valence-electron chi connectivity index (χ2n) is 5.38. The van der Waals surface area contributed by atoms with E-state index >= 15 is 0 Å². The molecule has 3 rings (SSSR count). The van der Waals surface area contributed by atoms with Gasteiger partial charge < -0.3 is 9.88 Å². The van der Waals surface area contributed by atoms with Crippen molar-refractivity contribution in [1.29, 1.82) is 0 Å². The van der Waals surface area contributed by atoms with Crippen LogP contribution in [0.1, 0.15) is 18.1 Å². The Labute approximate surface area is 126 Å². The lowest BCUT2D eigenvalue weighted by Crippen LogP contribution is -2.13. The van der Waals surface area contributed by atoms with E-state index in [0.29, 0.717) is 0 Å². The molecule has 0 radical (unpaired) electrons. The molecule has 0 amide bonds. The number of rotatable bonds is 6. The number of nitrogens with one attached hydrogen (secondary N) is 1. The average Bonchev–Trinajstić information content (AvgIpc) is 2.96. The summed E-state index contributed by atoms with van der Waals surface area (Å²) in [7, 11) is 0. The predicted molar refractivity (Wildman–Crippen MR) is 89.5 cm³/mol. The number of nitrogens with zero attached hydrogens (tertiary/aromatic N) is 1. The molecule has 0 unspecified atom stereocenters. The van der Waals surface area contributed by atoms with Crippen LogP contribution in [0, 0.1) is 0 Å². The van der Waals surface area contributed by atoms with Crippen LogP contribution in [0.25, 0.3) is 10.9 Å². The van der Waals surface area contributed by atoms with Gasteiger partial charge in [-0.05, 0) is 35.5 Å². The fraction of sp³-hybridized carbons (Fsp3) is 0.263. The van der Waals surface area contributed by atoms with E-state index in [1.165, 1.54) is 22.0 Å². The summed E-state index contributed by atoms with van der Waals surface area (Å²) < 4.78 is 2.38. The van der Waals surface area contributed by atoms with Crippen LogP contribution >= 0.6 is 0 Å². The molecular weight excluding hydrogens is 256 g/mol. The summed E-state index contributed by atoms with van der Waals surface area (Å²) in [5.41, 5.74) is 4.14. The van der Waals surface area contributed by atoms with Crippen molar-refractivity contribution >= 4 is 10.9 Å². The fourth-order valence-corrected chi connectivity index (χ4v) is 2.82. The van der Waals surface area contributed by atoms with E-state index in [-0.39, 0.29) is 0 Å². The molecule has 0 spiro atoms. The Kier molecular flexibility index (Phi) is 4.37. The number of hydrogen-bond donors (Lipinski definition) is 1. The number of aromatic nitrogens is 1. The molecule has 21 heavy (non-hydrogen) atoms. The lowest BCUT2D eigenvalue weighted by molar-refractivity contribution is 0.702. The summed E-state index contributed by atoms with van der Waals surface area (Å²) in [5, 5.41) is 4.77. The van der Waals surface area contributed by atoms with Gasteiger partial charge in [0, 0.05) is 19.3 Å². The molecule has 1 N–H and O–H groups in total.